The van der Waals surface area contributed by atoms with Crippen LogP contribution in [-0.4, -0.2) is 29.4 Å². The highest BCUT2D eigenvalue weighted by atomic mass is 16.5. The minimum absolute atomic E-state index is 0.228. The van der Waals surface area contributed by atoms with Gasteiger partial charge in [-0.2, -0.15) is 5.10 Å². The van der Waals surface area contributed by atoms with Crippen molar-refractivity contribution in [2.45, 2.75) is 12.5 Å². The number of carbonyl (C=O) groups is 1. The fraction of sp³-hybridized carbons (Fsp3) is 0.333. The molecule has 1 aromatic heterocycles. The van der Waals surface area contributed by atoms with Gasteiger partial charge in [0, 0.05) is 26.3 Å². The van der Waals surface area contributed by atoms with Crippen molar-refractivity contribution in [1.29, 1.82) is 0 Å². The van der Waals surface area contributed by atoms with Crippen LogP contribution in [0.2, 0.25) is 0 Å². The molecule has 5 heteroatoms. The van der Waals surface area contributed by atoms with E-state index < -0.39 is 0 Å². The van der Waals surface area contributed by atoms with E-state index in [1.807, 2.05) is 48.1 Å². The molecule has 0 spiro atoms. The second-order valence-electron chi connectivity index (χ2n) is 4.56. The molecule has 0 radical (unpaired) electrons. The maximum Gasteiger partial charge on any atom is 0.314 e. The number of benzene rings is 1. The van der Waals surface area contributed by atoms with E-state index in [1.54, 1.807) is 6.20 Å². The summed E-state index contributed by atoms with van der Waals surface area (Å²) in [5.74, 6) is -0.525. The largest absolute Gasteiger partial charge is 0.469 e. The molecule has 0 aliphatic rings. The van der Waals surface area contributed by atoms with Crippen LogP contribution in [0.1, 0.15) is 17.2 Å². The van der Waals surface area contributed by atoms with Crippen molar-refractivity contribution < 1.29 is 9.53 Å². The number of rotatable bonds is 6. The van der Waals surface area contributed by atoms with Crippen molar-refractivity contribution >= 4 is 5.97 Å². The van der Waals surface area contributed by atoms with Crippen LogP contribution in [0.4, 0.5) is 0 Å². The first-order chi connectivity index (χ1) is 9.72. The van der Waals surface area contributed by atoms with Crippen molar-refractivity contribution in [3.63, 3.8) is 0 Å². The van der Waals surface area contributed by atoms with Crippen LogP contribution in [0.25, 0.3) is 0 Å². The van der Waals surface area contributed by atoms with Gasteiger partial charge in [0.15, 0.2) is 0 Å². The molecule has 106 valence electrons. The lowest BCUT2D eigenvalue weighted by atomic mass is 9.99. The van der Waals surface area contributed by atoms with Crippen molar-refractivity contribution in [1.82, 2.24) is 15.1 Å². The second kappa shape index (κ2) is 6.86. The normalized spacial score (nSPS) is 12.1. The van der Waals surface area contributed by atoms with Crippen LogP contribution in [0.15, 0.2) is 42.6 Å². The highest BCUT2D eigenvalue weighted by Gasteiger charge is 2.20. The zero-order valence-corrected chi connectivity index (χ0v) is 11.7. The number of aromatic nitrogens is 2. The van der Waals surface area contributed by atoms with Gasteiger partial charge in [0.1, 0.15) is 0 Å². The van der Waals surface area contributed by atoms with Crippen LogP contribution in [0.3, 0.4) is 0 Å². The number of carbonyl (C=O) groups excluding carboxylic acids is 1. The lowest BCUT2D eigenvalue weighted by Gasteiger charge is -2.16. The Balaban J connectivity index is 1.99. The molecule has 0 saturated carbocycles. The lowest BCUT2D eigenvalue weighted by molar-refractivity contribution is -0.142. The Morgan fingerprint density at radius 2 is 2.10 bits per heavy atom. The Morgan fingerprint density at radius 1 is 1.35 bits per heavy atom. The molecule has 2 rings (SSSR count). The van der Waals surface area contributed by atoms with E-state index in [2.05, 4.69) is 10.4 Å². The molecule has 0 bridgehead atoms. The van der Waals surface area contributed by atoms with Gasteiger partial charge in [-0.05, 0) is 11.6 Å². The van der Waals surface area contributed by atoms with Crippen molar-refractivity contribution in [2.75, 3.05) is 13.7 Å². The molecular formula is C15H19N3O2. The van der Waals surface area contributed by atoms with E-state index in [4.69, 9.17) is 4.74 Å². The number of ether oxygens (including phenoxy) is 1. The Kier molecular flexibility index (Phi) is 4.90. The molecule has 1 atom stereocenters. The molecule has 0 amide bonds. The van der Waals surface area contributed by atoms with Gasteiger partial charge in [-0.15, -0.1) is 0 Å². The van der Waals surface area contributed by atoms with Crippen LogP contribution < -0.4 is 5.32 Å². The van der Waals surface area contributed by atoms with Crippen LogP contribution in [0.5, 0.6) is 0 Å². The van der Waals surface area contributed by atoms with Crippen molar-refractivity contribution in [3.8, 4) is 0 Å². The summed E-state index contributed by atoms with van der Waals surface area (Å²) in [5, 5.41) is 7.39. The average molecular weight is 273 g/mol. The highest BCUT2D eigenvalue weighted by Crippen LogP contribution is 2.16. The third kappa shape index (κ3) is 3.45. The topological polar surface area (TPSA) is 56.1 Å². The third-order valence-electron chi connectivity index (χ3n) is 3.26. The van der Waals surface area contributed by atoms with Crippen molar-refractivity contribution in [3.05, 3.63) is 53.9 Å². The van der Waals surface area contributed by atoms with E-state index in [0.29, 0.717) is 13.1 Å². The summed E-state index contributed by atoms with van der Waals surface area (Å²) in [5.41, 5.74) is 2.03. The summed E-state index contributed by atoms with van der Waals surface area (Å²) in [6, 6.07) is 11.6. The molecule has 1 aromatic carbocycles. The standard InChI is InChI=1S/C15H19N3O2/c1-18-13(8-9-17-18)10-16-11-14(15(19)20-2)12-6-4-3-5-7-12/h3-9,14,16H,10-11H2,1-2H3. The van der Waals surface area contributed by atoms with Gasteiger partial charge in [0.25, 0.3) is 0 Å². The molecule has 5 nitrogen and oxygen atoms in total. The lowest BCUT2D eigenvalue weighted by Crippen LogP contribution is -2.28. The summed E-state index contributed by atoms with van der Waals surface area (Å²) in [7, 11) is 3.31. The van der Waals surface area contributed by atoms with Crippen molar-refractivity contribution in [2.24, 2.45) is 7.05 Å². The third-order valence-corrected chi connectivity index (χ3v) is 3.26. The molecule has 2 aromatic rings. The fourth-order valence-electron chi connectivity index (χ4n) is 2.08. The first kappa shape index (κ1) is 14.3. The minimum Gasteiger partial charge on any atom is -0.469 e. The number of esters is 1. The predicted octanol–water partition coefficient (Wildman–Crippen LogP) is 1.47. The Morgan fingerprint density at radius 3 is 2.70 bits per heavy atom. The zero-order chi connectivity index (χ0) is 14.4. The van der Waals surface area contributed by atoms with Crippen LogP contribution in [0, 0.1) is 0 Å². The van der Waals surface area contributed by atoms with Crippen LogP contribution >= 0.6 is 0 Å². The molecule has 1 N–H and O–H groups in total. The molecule has 0 aliphatic heterocycles. The predicted molar refractivity (Wildman–Crippen MR) is 76.1 cm³/mol. The summed E-state index contributed by atoms with van der Waals surface area (Å²) in [6.45, 7) is 1.19. The van der Waals surface area contributed by atoms with Gasteiger partial charge < -0.3 is 10.1 Å². The average Bonchev–Trinajstić information content (AvgIpc) is 2.89. The van der Waals surface area contributed by atoms with E-state index in [1.165, 1.54) is 7.11 Å². The smallest absolute Gasteiger partial charge is 0.314 e. The summed E-state index contributed by atoms with van der Waals surface area (Å²) < 4.78 is 6.69. The van der Waals surface area contributed by atoms with E-state index >= 15 is 0 Å². The Labute approximate surface area is 118 Å². The quantitative estimate of drug-likeness (QED) is 0.810. The summed E-state index contributed by atoms with van der Waals surface area (Å²) in [6.07, 6.45) is 1.76. The molecule has 0 fully saturated rings. The molecule has 20 heavy (non-hydrogen) atoms. The van der Waals surface area contributed by atoms with Gasteiger partial charge in [0.05, 0.1) is 18.7 Å². The van der Waals surface area contributed by atoms with Gasteiger partial charge in [-0.3, -0.25) is 9.48 Å². The monoisotopic (exact) mass is 273 g/mol. The summed E-state index contributed by atoms with van der Waals surface area (Å²) >= 11 is 0. The minimum atomic E-state index is -0.297. The van der Waals surface area contributed by atoms with E-state index in [0.717, 1.165) is 11.3 Å². The number of methoxy groups -OCH3 is 1. The second-order valence-corrected chi connectivity index (χ2v) is 4.56. The molecule has 1 heterocycles. The number of nitrogens with zero attached hydrogens (tertiary/aromatic N) is 2. The Hall–Kier alpha value is -2.14. The highest BCUT2D eigenvalue weighted by molar-refractivity contribution is 5.78. The molecule has 1 unspecified atom stereocenters. The van der Waals surface area contributed by atoms with Crippen LogP contribution in [-0.2, 0) is 23.1 Å². The fourth-order valence-corrected chi connectivity index (χ4v) is 2.08. The van der Waals surface area contributed by atoms with E-state index in [-0.39, 0.29) is 11.9 Å². The van der Waals surface area contributed by atoms with Gasteiger partial charge in [-0.25, -0.2) is 0 Å². The number of hydrogen-bond donors (Lipinski definition) is 1. The zero-order valence-electron chi connectivity index (χ0n) is 11.7. The van der Waals surface area contributed by atoms with Gasteiger partial charge in [-0.1, -0.05) is 30.3 Å². The summed E-state index contributed by atoms with van der Waals surface area (Å²) in [4.78, 5) is 11.9. The first-order valence-corrected chi connectivity index (χ1v) is 6.52. The van der Waals surface area contributed by atoms with E-state index in [9.17, 15) is 4.79 Å². The Bertz CT molecular complexity index is 551. The SMILES string of the molecule is COC(=O)C(CNCc1ccnn1C)c1ccccc1. The number of hydrogen-bond acceptors (Lipinski definition) is 4. The maximum absolute atomic E-state index is 11.9. The number of nitrogens with one attached hydrogen (secondary N) is 1. The van der Waals surface area contributed by atoms with Gasteiger partial charge in [0.2, 0.25) is 0 Å². The molecular weight excluding hydrogens is 254 g/mol. The maximum atomic E-state index is 11.9. The number of aryl methyl sites for hydroxylation is 1. The first-order valence-electron chi connectivity index (χ1n) is 6.52. The molecule has 0 aliphatic carbocycles. The van der Waals surface area contributed by atoms with Gasteiger partial charge >= 0.3 is 5.97 Å². The molecule has 0 saturated heterocycles.